The lowest BCUT2D eigenvalue weighted by atomic mass is 10.2. The second kappa shape index (κ2) is 4.53. The predicted octanol–water partition coefficient (Wildman–Crippen LogP) is 3.10. The zero-order chi connectivity index (χ0) is 11.5. The fraction of sp³-hybridized carbons (Fsp3) is 0.182. The molecule has 16 heavy (non-hydrogen) atoms. The van der Waals surface area contributed by atoms with Crippen LogP contribution in [0.3, 0.4) is 0 Å². The molecule has 0 unspecified atom stereocenters. The van der Waals surface area contributed by atoms with Gasteiger partial charge in [-0.05, 0) is 11.6 Å². The monoisotopic (exact) mass is 240 g/mol. The third-order valence-corrected chi connectivity index (χ3v) is 2.44. The van der Waals surface area contributed by atoms with Crippen LogP contribution in [0.4, 0.5) is 10.1 Å². The summed E-state index contributed by atoms with van der Waals surface area (Å²) in [5.74, 6) is -0.371. The van der Waals surface area contributed by atoms with Gasteiger partial charge in [-0.15, -0.1) is 0 Å². The lowest BCUT2D eigenvalue weighted by Gasteiger charge is -2.16. The van der Waals surface area contributed by atoms with Gasteiger partial charge in [-0.1, -0.05) is 17.7 Å². The van der Waals surface area contributed by atoms with Crippen LogP contribution in [0.5, 0.6) is 0 Å². The summed E-state index contributed by atoms with van der Waals surface area (Å²) in [5.41, 5.74) is 1.38. The Kier molecular flexibility index (Phi) is 3.10. The van der Waals surface area contributed by atoms with E-state index >= 15 is 0 Å². The Balaban J connectivity index is 2.10. The van der Waals surface area contributed by atoms with Crippen LogP contribution < -0.4 is 4.90 Å². The molecule has 0 fully saturated rings. The minimum Gasteiger partial charge on any atom is -0.467 e. The molecule has 0 saturated carbocycles. The topological polar surface area (TPSA) is 29.3 Å². The third kappa shape index (κ3) is 2.33. The van der Waals surface area contributed by atoms with E-state index in [-0.39, 0.29) is 5.82 Å². The van der Waals surface area contributed by atoms with Crippen molar-refractivity contribution in [3.05, 3.63) is 47.4 Å². The van der Waals surface area contributed by atoms with Crippen molar-refractivity contribution in [1.29, 1.82) is 0 Å². The maximum absolute atomic E-state index is 13.2. The fourth-order valence-electron chi connectivity index (χ4n) is 1.41. The number of aromatic nitrogens is 1. The third-order valence-electron chi connectivity index (χ3n) is 2.22. The Morgan fingerprint density at radius 2 is 2.25 bits per heavy atom. The van der Waals surface area contributed by atoms with Crippen LogP contribution in [0.15, 0.2) is 35.3 Å². The molecular weight excluding hydrogens is 231 g/mol. The van der Waals surface area contributed by atoms with Crippen LogP contribution in [-0.4, -0.2) is 12.0 Å². The molecule has 3 nitrogen and oxygen atoms in total. The molecule has 0 saturated heterocycles. The summed E-state index contributed by atoms with van der Waals surface area (Å²) in [7, 11) is 1.78. The first-order valence-corrected chi connectivity index (χ1v) is 5.08. The molecule has 2 aromatic heterocycles. The highest BCUT2D eigenvalue weighted by atomic mass is 35.5. The summed E-state index contributed by atoms with van der Waals surface area (Å²) >= 11 is 5.67. The first-order valence-electron chi connectivity index (χ1n) is 4.70. The standard InChI is InChI=1S/C11H10ClFN2O/c1-15(10-7-16-6-9(10)13)5-8-2-3-11(12)14-4-8/h2-4,6-7H,5H2,1H3. The van der Waals surface area contributed by atoms with Gasteiger partial charge in [0, 0.05) is 19.8 Å². The van der Waals surface area contributed by atoms with Crippen LogP contribution >= 0.6 is 11.6 Å². The molecule has 84 valence electrons. The van der Waals surface area contributed by atoms with E-state index in [1.54, 1.807) is 24.2 Å². The van der Waals surface area contributed by atoms with Gasteiger partial charge in [-0.3, -0.25) is 0 Å². The van der Waals surface area contributed by atoms with Crippen LogP contribution in [0.2, 0.25) is 5.15 Å². The van der Waals surface area contributed by atoms with E-state index in [1.807, 2.05) is 6.07 Å². The average Bonchev–Trinajstić information content (AvgIpc) is 2.68. The highest BCUT2D eigenvalue weighted by Crippen LogP contribution is 2.20. The number of rotatable bonds is 3. The molecule has 5 heteroatoms. The first-order chi connectivity index (χ1) is 7.66. The molecule has 0 N–H and O–H groups in total. The van der Waals surface area contributed by atoms with Crippen molar-refractivity contribution in [1.82, 2.24) is 4.98 Å². The van der Waals surface area contributed by atoms with Crippen LogP contribution in [0.25, 0.3) is 0 Å². The molecule has 2 aromatic rings. The predicted molar refractivity (Wildman–Crippen MR) is 60.0 cm³/mol. The van der Waals surface area contributed by atoms with E-state index in [0.717, 1.165) is 11.8 Å². The first kappa shape index (κ1) is 11.0. The Labute approximate surface area is 97.5 Å². The van der Waals surface area contributed by atoms with Gasteiger partial charge in [0.15, 0.2) is 5.82 Å². The summed E-state index contributed by atoms with van der Waals surface area (Å²) in [4.78, 5) is 5.70. The van der Waals surface area contributed by atoms with Crippen LogP contribution in [0, 0.1) is 5.82 Å². The van der Waals surface area contributed by atoms with E-state index in [2.05, 4.69) is 4.98 Å². The van der Waals surface area contributed by atoms with Gasteiger partial charge in [-0.2, -0.15) is 0 Å². The van der Waals surface area contributed by atoms with E-state index in [1.165, 1.54) is 6.26 Å². The molecule has 0 radical (unpaired) electrons. The second-order valence-corrected chi connectivity index (χ2v) is 3.84. The van der Waals surface area contributed by atoms with Crippen molar-refractivity contribution < 1.29 is 8.81 Å². The van der Waals surface area contributed by atoms with E-state index in [4.69, 9.17) is 16.0 Å². The van der Waals surface area contributed by atoms with Gasteiger partial charge in [0.1, 0.15) is 23.4 Å². The zero-order valence-corrected chi connectivity index (χ0v) is 9.41. The van der Waals surface area contributed by atoms with Crippen molar-refractivity contribution in [2.75, 3.05) is 11.9 Å². The fourth-order valence-corrected chi connectivity index (χ4v) is 1.52. The number of hydrogen-bond donors (Lipinski definition) is 0. The molecule has 0 bridgehead atoms. The average molecular weight is 241 g/mol. The van der Waals surface area contributed by atoms with Crippen molar-refractivity contribution in [3.8, 4) is 0 Å². The number of hydrogen-bond acceptors (Lipinski definition) is 3. The number of pyridine rings is 1. The molecule has 0 atom stereocenters. The molecule has 0 aliphatic rings. The van der Waals surface area contributed by atoms with Crippen molar-refractivity contribution in [3.63, 3.8) is 0 Å². The molecule has 0 aliphatic carbocycles. The Morgan fingerprint density at radius 1 is 1.44 bits per heavy atom. The Bertz CT molecular complexity index is 469. The van der Waals surface area contributed by atoms with E-state index in [0.29, 0.717) is 17.4 Å². The maximum atomic E-state index is 13.2. The Hall–Kier alpha value is -1.55. The van der Waals surface area contributed by atoms with E-state index < -0.39 is 0 Å². The van der Waals surface area contributed by atoms with Crippen molar-refractivity contribution in [2.24, 2.45) is 0 Å². The molecule has 2 heterocycles. The molecule has 2 rings (SSSR count). The number of halogens is 2. The summed E-state index contributed by atoms with van der Waals surface area (Å²) < 4.78 is 18.0. The highest BCUT2D eigenvalue weighted by molar-refractivity contribution is 6.29. The van der Waals surface area contributed by atoms with Crippen molar-refractivity contribution in [2.45, 2.75) is 6.54 Å². The second-order valence-electron chi connectivity index (χ2n) is 3.45. The van der Waals surface area contributed by atoms with Crippen LogP contribution in [0.1, 0.15) is 5.56 Å². The minimum absolute atomic E-state index is 0.371. The quantitative estimate of drug-likeness (QED) is 0.772. The molecule has 0 amide bonds. The van der Waals surface area contributed by atoms with E-state index in [9.17, 15) is 4.39 Å². The smallest absolute Gasteiger partial charge is 0.184 e. The van der Waals surface area contributed by atoms with Gasteiger partial charge in [0.2, 0.25) is 0 Å². The van der Waals surface area contributed by atoms with Crippen molar-refractivity contribution >= 4 is 17.3 Å². The van der Waals surface area contributed by atoms with Crippen LogP contribution in [-0.2, 0) is 6.54 Å². The summed E-state index contributed by atoms with van der Waals surface area (Å²) in [6.45, 7) is 0.542. The lowest BCUT2D eigenvalue weighted by Crippen LogP contribution is -2.16. The molecule has 0 aromatic carbocycles. The summed E-state index contributed by atoms with van der Waals surface area (Å²) in [6, 6.07) is 3.56. The zero-order valence-electron chi connectivity index (χ0n) is 8.65. The maximum Gasteiger partial charge on any atom is 0.184 e. The van der Waals surface area contributed by atoms with Gasteiger partial charge < -0.3 is 9.32 Å². The SMILES string of the molecule is CN(Cc1ccc(Cl)nc1)c1cocc1F. The van der Waals surface area contributed by atoms with Gasteiger partial charge in [-0.25, -0.2) is 9.37 Å². The van der Waals surface area contributed by atoms with Gasteiger partial charge in [0.05, 0.1) is 0 Å². The summed E-state index contributed by atoms with van der Waals surface area (Å²) in [6.07, 6.45) is 4.11. The minimum atomic E-state index is -0.371. The normalized spacial score (nSPS) is 10.4. The number of nitrogens with zero attached hydrogens (tertiary/aromatic N) is 2. The summed E-state index contributed by atoms with van der Waals surface area (Å²) in [5, 5.41) is 0.445. The number of anilines is 1. The molecule has 0 aliphatic heterocycles. The Morgan fingerprint density at radius 3 is 2.81 bits per heavy atom. The highest BCUT2D eigenvalue weighted by Gasteiger charge is 2.10. The lowest BCUT2D eigenvalue weighted by molar-refractivity contribution is 0.532. The number of furan rings is 1. The van der Waals surface area contributed by atoms with Gasteiger partial charge >= 0.3 is 0 Å². The van der Waals surface area contributed by atoms with Gasteiger partial charge in [0.25, 0.3) is 0 Å². The molecular formula is C11H10ClFN2O. The molecule has 0 spiro atoms. The largest absolute Gasteiger partial charge is 0.467 e.